The Hall–Kier alpha value is -0.860. The molecule has 3 aliphatic rings. The van der Waals surface area contributed by atoms with E-state index in [1.807, 2.05) is 0 Å². The molecule has 1 aliphatic heterocycles. The Balaban J connectivity index is 2.13. The minimum Gasteiger partial charge on any atom is -0.389 e. The molecule has 2 heteroatoms. The molecule has 18 heavy (non-hydrogen) atoms. The molecule has 0 amide bonds. The van der Waals surface area contributed by atoms with E-state index in [1.54, 1.807) is 0 Å². The first-order valence-electron chi connectivity index (χ1n) is 6.95. The van der Waals surface area contributed by atoms with E-state index in [-0.39, 0.29) is 23.7 Å². The van der Waals surface area contributed by atoms with E-state index in [9.17, 15) is 5.11 Å². The van der Waals surface area contributed by atoms with Crippen LogP contribution in [0.25, 0.3) is 0 Å². The average Bonchev–Trinajstić information content (AvgIpc) is 2.27. The van der Waals surface area contributed by atoms with Crippen molar-refractivity contribution in [1.82, 2.24) is 0 Å². The number of rotatable bonds is 0. The van der Waals surface area contributed by atoms with E-state index in [4.69, 9.17) is 4.74 Å². The summed E-state index contributed by atoms with van der Waals surface area (Å²) < 4.78 is 6.25. The van der Waals surface area contributed by atoms with Gasteiger partial charge in [-0.3, -0.25) is 0 Å². The van der Waals surface area contributed by atoms with Crippen molar-refractivity contribution in [2.45, 2.75) is 57.8 Å². The number of aliphatic hydroxyl groups is 1. The van der Waals surface area contributed by atoms with Crippen LogP contribution >= 0.6 is 0 Å². The maximum Gasteiger partial charge on any atom is 0.0823 e. The Morgan fingerprint density at radius 2 is 2.11 bits per heavy atom. The van der Waals surface area contributed by atoms with Crippen molar-refractivity contribution in [3.63, 3.8) is 0 Å². The van der Waals surface area contributed by atoms with Gasteiger partial charge in [-0.25, -0.2) is 0 Å². The van der Waals surface area contributed by atoms with Gasteiger partial charge >= 0.3 is 0 Å². The molecule has 3 atom stereocenters. The van der Waals surface area contributed by atoms with Crippen LogP contribution < -0.4 is 0 Å². The molecule has 0 aromatic rings. The second-order valence-electron chi connectivity index (χ2n) is 6.29. The van der Waals surface area contributed by atoms with Gasteiger partial charge in [-0.1, -0.05) is 23.8 Å². The fourth-order valence-electron chi connectivity index (χ4n) is 3.57. The number of hydrogen-bond acceptors (Lipinski definition) is 2. The lowest BCUT2D eigenvalue weighted by Crippen LogP contribution is -2.48. The fourth-order valence-corrected chi connectivity index (χ4v) is 3.57. The summed E-state index contributed by atoms with van der Waals surface area (Å²) in [5.41, 5.74) is 3.55. The quantitative estimate of drug-likeness (QED) is 0.711. The van der Waals surface area contributed by atoms with E-state index in [0.717, 1.165) is 24.8 Å². The van der Waals surface area contributed by atoms with E-state index < -0.39 is 0 Å². The van der Waals surface area contributed by atoms with Gasteiger partial charge in [0, 0.05) is 5.92 Å². The topological polar surface area (TPSA) is 29.5 Å². The SMILES string of the molecule is CC1=CC2=C3C(O)CCCC3OC(C)(C)C2C=C1. The third-order valence-corrected chi connectivity index (χ3v) is 4.45. The predicted octanol–water partition coefficient (Wildman–Crippen LogP) is 3.14. The largest absolute Gasteiger partial charge is 0.389 e. The normalized spacial score (nSPS) is 38.0. The van der Waals surface area contributed by atoms with E-state index in [1.165, 1.54) is 11.1 Å². The zero-order valence-corrected chi connectivity index (χ0v) is 11.4. The first-order valence-corrected chi connectivity index (χ1v) is 6.95. The van der Waals surface area contributed by atoms with Crippen LogP contribution in [0.2, 0.25) is 0 Å². The first kappa shape index (κ1) is 12.2. The summed E-state index contributed by atoms with van der Waals surface area (Å²) in [4.78, 5) is 0. The van der Waals surface area contributed by atoms with Crippen LogP contribution in [-0.4, -0.2) is 22.9 Å². The minimum absolute atomic E-state index is 0.116. The van der Waals surface area contributed by atoms with E-state index in [2.05, 4.69) is 39.0 Å². The number of ether oxygens (including phenoxy) is 1. The van der Waals surface area contributed by atoms with Crippen LogP contribution in [-0.2, 0) is 4.74 Å². The van der Waals surface area contributed by atoms with Crippen molar-refractivity contribution in [2.75, 3.05) is 0 Å². The molecule has 1 N–H and O–H groups in total. The Labute approximate surface area is 109 Å². The number of allylic oxidation sites excluding steroid dienone is 3. The molecular formula is C16H22O2. The molecule has 1 saturated carbocycles. The van der Waals surface area contributed by atoms with Crippen molar-refractivity contribution >= 4 is 0 Å². The minimum atomic E-state index is -0.312. The molecule has 0 radical (unpaired) electrons. The summed E-state index contributed by atoms with van der Waals surface area (Å²) in [5, 5.41) is 10.3. The van der Waals surface area contributed by atoms with E-state index >= 15 is 0 Å². The summed E-state index contributed by atoms with van der Waals surface area (Å²) in [6.07, 6.45) is 9.42. The third-order valence-electron chi connectivity index (χ3n) is 4.45. The fraction of sp³-hybridized carbons (Fsp3) is 0.625. The molecule has 0 aromatic carbocycles. The Morgan fingerprint density at radius 3 is 2.89 bits per heavy atom. The summed E-state index contributed by atoms with van der Waals surface area (Å²) >= 11 is 0. The number of fused-ring (bicyclic) bond motifs is 2. The standard InChI is InChI=1S/C16H22O2/c1-10-7-8-12-11(9-10)15-13(17)5-4-6-14(15)18-16(12,2)3/h7-9,12-14,17H,4-6H2,1-3H3. The second kappa shape index (κ2) is 4.07. The van der Waals surface area contributed by atoms with Gasteiger partial charge in [0.15, 0.2) is 0 Å². The van der Waals surface area contributed by atoms with Crippen LogP contribution in [0, 0.1) is 5.92 Å². The molecule has 3 rings (SSSR count). The molecule has 2 nitrogen and oxygen atoms in total. The van der Waals surface area contributed by atoms with Crippen LogP contribution in [0.1, 0.15) is 40.0 Å². The van der Waals surface area contributed by atoms with Crippen LogP contribution in [0.4, 0.5) is 0 Å². The maximum absolute atomic E-state index is 10.3. The Kier molecular flexibility index (Phi) is 2.76. The molecule has 0 aromatic heterocycles. The average molecular weight is 246 g/mol. The highest BCUT2D eigenvalue weighted by molar-refractivity contribution is 5.46. The van der Waals surface area contributed by atoms with Crippen molar-refractivity contribution < 1.29 is 9.84 Å². The summed E-state index contributed by atoms with van der Waals surface area (Å²) in [5.74, 6) is 0.278. The molecule has 98 valence electrons. The highest BCUT2D eigenvalue weighted by Crippen LogP contribution is 2.46. The lowest BCUT2D eigenvalue weighted by Gasteiger charge is -2.47. The lowest BCUT2D eigenvalue weighted by atomic mass is 9.71. The first-order chi connectivity index (χ1) is 8.49. The van der Waals surface area contributed by atoms with Gasteiger partial charge in [0.05, 0.1) is 17.8 Å². The molecule has 1 heterocycles. The maximum atomic E-state index is 10.3. The monoisotopic (exact) mass is 246 g/mol. The van der Waals surface area contributed by atoms with Gasteiger partial charge in [-0.2, -0.15) is 0 Å². The molecular weight excluding hydrogens is 224 g/mol. The van der Waals surface area contributed by atoms with Gasteiger partial charge in [0.2, 0.25) is 0 Å². The van der Waals surface area contributed by atoms with Crippen LogP contribution in [0.5, 0.6) is 0 Å². The Bertz CT molecular complexity index is 454. The molecule has 0 spiro atoms. The molecule has 0 saturated heterocycles. The van der Waals surface area contributed by atoms with Crippen molar-refractivity contribution in [1.29, 1.82) is 0 Å². The molecule has 0 bridgehead atoms. The van der Waals surface area contributed by atoms with Gasteiger partial charge in [-0.15, -0.1) is 0 Å². The van der Waals surface area contributed by atoms with Gasteiger partial charge in [0.25, 0.3) is 0 Å². The van der Waals surface area contributed by atoms with Gasteiger partial charge in [-0.05, 0) is 51.2 Å². The van der Waals surface area contributed by atoms with Crippen molar-refractivity contribution in [3.8, 4) is 0 Å². The highest BCUT2D eigenvalue weighted by Gasteiger charge is 2.44. The van der Waals surface area contributed by atoms with Crippen molar-refractivity contribution in [3.05, 3.63) is 34.9 Å². The lowest BCUT2D eigenvalue weighted by molar-refractivity contribution is -0.103. The second-order valence-corrected chi connectivity index (χ2v) is 6.29. The summed E-state index contributed by atoms with van der Waals surface area (Å²) in [6, 6.07) is 0. The number of hydrogen-bond donors (Lipinski definition) is 1. The van der Waals surface area contributed by atoms with Crippen LogP contribution in [0.3, 0.4) is 0 Å². The Morgan fingerprint density at radius 1 is 1.33 bits per heavy atom. The third kappa shape index (κ3) is 1.79. The van der Waals surface area contributed by atoms with Gasteiger partial charge < -0.3 is 9.84 Å². The zero-order chi connectivity index (χ0) is 12.9. The van der Waals surface area contributed by atoms with E-state index in [0.29, 0.717) is 0 Å². The summed E-state index contributed by atoms with van der Waals surface area (Å²) in [6.45, 7) is 6.44. The zero-order valence-electron chi connectivity index (χ0n) is 11.4. The summed E-state index contributed by atoms with van der Waals surface area (Å²) in [7, 11) is 0. The number of aliphatic hydroxyl groups excluding tert-OH is 1. The molecule has 3 unspecified atom stereocenters. The molecule has 1 fully saturated rings. The predicted molar refractivity (Wildman–Crippen MR) is 72.2 cm³/mol. The van der Waals surface area contributed by atoms with Gasteiger partial charge in [0.1, 0.15) is 0 Å². The smallest absolute Gasteiger partial charge is 0.0823 e. The molecule has 2 aliphatic carbocycles. The van der Waals surface area contributed by atoms with Crippen LogP contribution in [0.15, 0.2) is 34.9 Å². The highest BCUT2D eigenvalue weighted by atomic mass is 16.5. The van der Waals surface area contributed by atoms with Crippen molar-refractivity contribution in [2.24, 2.45) is 5.92 Å².